The van der Waals surface area contributed by atoms with Gasteiger partial charge in [0.15, 0.2) is 17.5 Å². The zero-order valence-corrected chi connectivity index (χ0v) is 12.3. The molecule has 0 saturated heterocycles. The molecule has 0 atom stereocenters. The molecule has 2 aromatic carbocycles. The number of ether oxygens (including phenoxy) is 1. The minimum Gasteiger partial charge on any atom is -0.493 e. The summed E-state index contributed by atoms with van der Waals surface area (Å²) < 4.78 is 50.3. The average molecular weight is 335 g/mol. The Morgan fingerprint density at radius 1 is 0.958 bits per heavy atom. The zero-order chi connectivity index (χ0) is 16.9. The summed E-state index contributed by atoms with van der Waals surface area (Å²) in [6, 6.07) is 10.9. The van der Waals surface area contributed by atoms with Gasteiger partial charge in [-0.1, -0.05) is 23.3 Å². The van der Waals surface area contributed by atoms with E-state index in [1.54, 1.807) is 0 Å². The first kappa shape index (κ1) is 15.9. The van der Waals surface area contributed by atoms with Gasteiger partial charge in [-0.3, -0.25) is 0 Å². The Hall–Kier alpha value is -3.03. The van der Waals surface area contributed by atoms with Crippen LogP contribution in [0.2, 0.25) is 0 Å². The first-order chi connectivity index (χ1) is 11.6. The van der Waals surface area contributed by atoms with Crippen LogP contribution in [0, 0.1) is 17.5 Å². The van der Waals surface area contributed by atoms with Crippen LogP contribution in [0.1, 0.15) is 5.89 Å². The first-order valence-corrected chi connectivity index (χ1v) is 7.04. The van der Waals surface area contributed by atoms with Gasteiger partial charge in [0.2, 0.25) is 5.89 Å². The molecule has 0 radical (unpaired) electrons. The molecule has 1 heterocycles. The summed E-state index contributed by atoms with van der Waals surface area (Å²) in [5, 5.41) is 9.83. The SMILES string of the molecule is Fc1ccc(Nc2nnc(CCOc3ccccc3)o2)c(F)c1F. The van der Waals surface area contributed by atoms with E-state index in [1.165, 1.54) is 0 Å². The van der Waals surface area contributed by atoms with E-state index in [4.69, 9.17) is 9.15 Å². The molecule has 3 aromatic rings. The van der Waals surface area contributed by atoms with Gasteiger partial charge in [-0.05, 0) is 24.3 Å². The number of hydrogen-bond acceptors (Lipinski definition) is 5. The molecule has 0 amide bonds. The predicted molar refractivity (Wildman–Crippen MR) is 79.5 cm³/mol. The maximum absolute atomic E-state index is 13.6. The molecule has 0 bridgehead atoms. The van der Waals surface area contributed by atoms with E-state index < -0.39 is 17.5 Å². The van der Waals surface area contributed by atoms with Crippen LogP contribution in [0.15, 0.2) is 46.9 Å². The zero-order valence-electron chi connectivity index (χ0n) is 12.3. The number of anilines is 2. The highest BCUT2D eigenvalue weighted by molar-refractivity contribution is 5.52. The van der Waals surface area contributed by atoms with E-state index in [0.29, 0.717) is 18.8 Å². The summed E-state index contributed by atoms with van der Waals surface area (Å²) in [5.74, 6) is -3.24. The predicted octanol–water partition coefficient (Wildman–Crippen LogP) is 3.85. The Morgan fingerprint density at radius 2 is 1.75 bits per heavy atom. The Bertz CT molecular complexity index is 825. The molecule has 5 nitrogen and oxygen atoms in total. The van der Waals surface area contributed by atoms with Crippen LogP contribution < -0.4 is 10.1 Å². The molecule has 0 aliphatic heterocycles. The molecular weight excluding hydrogens is 323 g/mol. The number of aromatic nitrogens is 2. The minimum absolute atomic E-state index is 0.130. The van der Waals surface area contributed by atoms with E-state index in [2.05, 4.69) is 15.5 Å². The fraction of sp³-hybridized carbons (Fsp3) is 0.125. The molecule has 0 saturated carbocycles. The smallest absolute Gasteiger partial charge is 0.320 e. The van der Waals surface area contributed by atoms with Crippen LogP contribution in [0.3, 0.4) is 0 Å². The van der Waals surface area contributed by atoms with Crippen molar-refractivity contribution in [2.75, 3.05) is 11.9 Å². The Balaban J connectivity index is 1.59. The van der Waals surface area contributed by atoms with E-state index in [0.717, 1.165) is 12.1 Å². The molecule has 1 N–H and O–H groups in total. The maximum atomic E-state index is 13.6. The highest BCUT2D eigenvalue weighted by Gasteiger charge is 2.15. The lowest BCUT2D eigenvalue weighted by Crippen LogP contribution is -2.01. The van der Waals surface area contributed by atoms with Gasteiger partial charge in [0.25, 0.3) is 0 Å². The topological polar surface area (TPSA) is 60.2 Å². The number of benzene rings is 2. The van der Waals surface area contributed by atoms with Crippen LogP contribution in [0.4, 0.5) is 24.9 Å². The van der Waals surface area contributed by atoms with Crippen molar-refractivity contribution in [2.24, 2.45) is 0 Å². The van der Waals surface area contributed by atoms with Gasteiger partial charge in [-0.2, -0.15) is 0 Å². The number of nitrogens with zero attached hydrogens (tertiary/aromatic N) is 2. The van der Waals surface area contributed by atoms with Crippen LogP contribution >= 0.6 is 0 Å². The fourth-order valence-electron chi connectivity index (χ4n) is 1.92. The van der Waals surface area contributed by atoms with Gasteiger partial charge in [0.05, 0.1) is 18.7 Å². The second-order valence-corrected chi connectivity index (χ2v) is 4.76. The van der Waals surface area contributed by atoms with Crippen molar-refractivity contribution in [1.29, 1.82) is 0 Å². The summed E-state index contributed by atoms with van der Waals surface area (Å²) in [6.07, 6.45) is 0.337. The van der Waals surface area contributed by atoms with Crippen LogP contribution in [0.25, 0.3) is 0 Å². The Kier molecular flexibility index (Phi) is 4.64. The standard InChI is InChI=1S/C16H12F3N3O2/c17-11-6-7-12(15(19)14(11)18)20-16-22-21-13(24-16)8-9-23-10-4-2-1-3-5-10/h1-7H,8-9H2,(H,20,22). The van der Waals surface area contributed by atoms with Gasteiger partial charge >= 0.3 is 6.01 Å². The molecule has 3 rings (SSSR count). The van der Waals surface area contributed by atoms with Crippen molar-refractivity contribution in [1.82, 2.24) is 10.2 Å². The quantitative estimate of drug-likeness (QED) is 0.693. The van der Waals surface area contributed by atoms with E-state index in [1.807, 2.05) is 30.3 Å². The second kappa shape index (κ2) is 7.03. The second-order valence-electron chi connectivity index (χ2n) is 4.76. The van der Waals surface area contributed by atoms with E-state index in [-0.39, 0.29) is 17.6 Å². The lowest BCUT2D eigenvalue weighted by atomic mass is 10.3. The van der Waals surface area contributed by atoms with Crippen molar-refractivity contribution >= 4 is 11.7 Å². The number of hydrogen-bond donors (Lipinski definition) is 1. The number of halogens is 3. The number of nitrogens with one attached hydrogen (secondary N) is 1. The van der Waals surface area contributed by atoms with Crippen molar-refractivity contribution in [3.8, 4) is 5.75 Å². The van der Waals surface area contributed by atoms with Gasteiger partial charge in [0, 0.05) is 0 Å². The Morgan fingerprint density at radius 3 is 2.54 bits per heavy atom. The lowest BCUT2D eigenvalue weighted by molar-refractivity contribution is 0.307. The number of para-hydroxylation sites is 1. The van der Waals surface area contributed by atoms with Gasteiger partial charge in [-0.25, -0.2) is 13.2 Å². The van der Waals surface area contributed by atoms with Gasteiger partial charge < -0.3 is 14.5 Å². The van der Waals surface area contributed by atoms with Crippen molar-refractivity contribution < 1.29 is 22.3 Å². The molecule has 0 spiro atoms. The third kappa shape index (κ3) is 3.65. The third-order valence-corrected chi connectivity index (χ3v) is 3.07. The Labute approximate surface area is 135 Å². The average Bonchev–Trinajstić information content (AvgIpc) is 3.04. The van der Waals surface area contributed by atoms with E-state index in [9.17, 15) is 13.2 Å². The summed E-state index contributed by atoms with van der Waals surface area (Å²) >= 11 is 0. The molecule has 0 aliphatic carbocycles. The van der Waals surface area contributed by atoms with Crippen LogP contribution in [-0.2, 0) is 6.42 Å². The summed E-state index contributed by atoms with van der Waals surface area (Å²) in [7, 11) is 0. The van der Waals surface area contributed by atoms with Gasteiger partial charge in [-0.15, -0.1) is 5.10 Å². The lowest BCUT2D eigenvalue weighted by Gasteiger charge is -2.04. The van der Waals surface area contributed by atoms with E-state index >= 15 is 0 Å². The third-order valence-electron chi connectivity index (χ3n) is 3.07. The highest BCUT2D eigenvalue weighted by Crippen LogP contribution is 2.23. The monoisotopic (exact) mass is 335 g/mol. The number of rotatable bonds is 6. The fourth-order valence-corrected chi connectivity index (χ4v) is 1.92. The highest BCUT2D eigenvalue weighted by atomic mass is 19.2. The molecule has 124 valence electrons. The summed E-state index contributed by atoms with van der Waals surface area (Å²) in [5.41, 5.74) is -0.301. The van der Waals surface area contributed by atoms with Crippen molar-refractivity contribution in [2.45, 2.75) is 6.42 Å². The molecule has 24 heavy (non-hydrogen) atoms. The van der Waals surface area contributed by atoms with Crippen LogP contribution in [0.5, 0.6) is 5.75 Å². The maximum Gasteiger partial charge on any atom is 0.320 e. The summed E-state index contributed by atoms with van der Waals surface area (Å²) in [4.78, 5) is 0. The van der Waals surface area contributed by atoms with Crippen LogP contribution in [-0.4, -0.2) is 16.8 Å². The molecular formula is C16H12F3N3O2. The van der Waals surface area contributed by atoms with Gasteiger partial charge in [0.1, 0.15) is 5.75 Å². The normalized spacial score (nSPS) is 10.6. The molecule has 8 heteroatoms. The minimum atomic E-state index is -1.57. The molecule has 0 aliphatic rings. The molecule has 0 unspecified atom stereocenters. The first-order valence-electron chi connectivity index (χ1n) is 7.04. The van der Waals surface area contributed by atoms with Crippen molar-refractivity contribution in [3.63, 3.8) is 0 Å². The summed E-state index contributed by atoms with van der Waals surface area (Å²) in [6.45, 7) is 0.311. The molecule has 0 fully saturated rings. The van der Waals surface area contributed by atoms with Crippen molar-refractivity contribution in [3.05, 3.63) is 65.8 Å². The molecule has 1 aromatic heterocycles. The largest absolute Gasteiger partial charge is 0.493 e.